The maximum absolute atomic E-state index is 13.6. The van der Waals surface area contributed by atoms with E-state index < -0.39 is 51.6 Å². The molecule has 1 atom stereocenters. The summed E-state index contributed by atoms with van der Waals surface area (Å²) in [6, 6.07) is 6.09. The second kappa shape index (κ2) is 9.39. The molecule has 0 radical (unpaired) electrons. The fraction of sp³-hybridized carbons (Fsp3) is 0.304. The van der Waals surface area contributed by atoms with Gasteiger partial charge in [0.05, 0.1) is 33.9 Å². The van der Waals surface area contributed by atoms with Crippen molar-refractivity contribution in [2.45, 2.75) is 43.6 Å². The number of alkyl halides is 5. The lowest BCUT2D eigenvalue weighted by Gasteiger charge is -2.22. The molecular formula is C23H19F6N3O4S. The van der Waals surface area contributed by atoms with Gasteiger partial charge in [-0.1, -0.05) is 0 Å². The molecule has 0 bridgehead atoms. The molecule has 0 unspecified atom stereocenters. The third-order valence-corrected chi connectivity index (χ3v) is 6.83. The molecule has 2 aromatic carbocycles. The predicted molar refractivity (Wildman–Crippen MR) is 118 cm³/mol. The molecule has 1 amide bonds. The number of aromatic nitrogens is 2. The van der Waals surface area contributed by atoms with Gasteiger partial charge in [0.25, 0.3) is 12.3 Å². The highest BCUT2D eigenvalue weighted by Crippen LogP contribution is 2.32. The van der Waals surface area contributed by atoms with Crippen LogP contribution in [0.5, 0.6) is 5.75 Å². The number of carbonyl (C=O) groups is 1. The number of rotatable bonds is 6. The number of sulfone groups is 1. The topological polar surface area (TPSA) is 81.5 Å². The highest BCUT2D eigenvalue weighted by atomic mass is 32.2. The molecule has 3 aromatic rings. The van der Waals surface area contributed by atoms with Crippen molar-refractivity contribution < 1.29 is 44.3 Å². The number of ether oxygens (including phenoxy) is 1. The highest BCUT2D eigenvalue weighted by Gasteiger charge is 2.39. The van der Waals surface area contributed by atoms with E-state index in [0.29, 0.717) is 11.3 Å². The van der Waals surface area contributed by atoms with Crippen LogP contribution in [0.1, 0.15) is 40.5 Å². The summed E-state index contributed by atoms with van der Waals surface area (Å²) in [5.41, 5.74) is -0.113. The molecular weight excluding hydrogens is 528 g/mol. The van der Waals surface area contributed by atoms with E-state index in [2.05, 4.69) is 5.10 Å². The SMILES string of the molecule is C[C@H](Oc1ccc(S(C)(=O)=O)cc1C(=O)N1Cc2cn(-c3ccc(F)c(C(F)F)c3)nc2C1)C(F)(F)F. The minimum atomic E-state index is -4.73. The summed E-state index contributed by atoms with van der Waals surface area (Å²) in [5, 5.41) is 4.26. The van der Waals surface area contributed by atoms with Gasteiger partial charge in [-0.25, -0.2) is 26.3 Å². The fourth-order valence-corrected chi connectivity index (χ4v) is 4.35. The standard InChI is InChI=1S/C23H19F6N3O4S/c1-12(23(27,28)29)36-20-6-4-15(37(2,34)35)8-17(20)22(33)31-9-13-10-32(30-19(13)11-31)14-3-5-18(24)16(7-14)21(25)26/h3-8,10,12,21H,9,11H2,1-2H3/t12-/m0/s1. The third-order valence-electron chi connectivity index (χ3n) is 5.72. The molecule has 1 aromatic heterocycles. The van der Waals surface area contributed by atoms with Crippen LogP contribution in [0.15, 0.2) is 47.5 Å². The molecule has 0 fully saturated rings. The molecule has 37 heavy (non-hydrogen) atoms. The van der Waals surface area contributed by atoms with Gasteiger partial charge < -0.3 is 9.64 Å². The Hall–Kier alpha value is -3.55. The Morgan fingerprint density at radius 2 is 1.81 bits per heavy atom. The van der Waals surface area contributed by atoms with Crippen LogP contribution >= 0.6 is 0 Å². The fourth-order valence-electron chi connectivity index (χ4n) is 3.71. The average molecular weight is 547 g/mol. The summed E-state index contributed by atoms with van der Waals surface area (Å²) in [6.45, 7) is 0.609. The smallest absolute Gasteiger partial charge is 0.425 e. The summed E-state index contributed by atoms with van der Waals surface area (Å²) >= 11 is 0. The normalized spacial score (nSPS) is 14.7. The van der Waals surface area contributed by atoms with Crippen LogP contribution in [0.3, 0.4) is 0 Å². The van der Waals surface area contributed by atoms with E-state index >= 15 is 0 Å². The number of nitrogens with zero attached hydrogens (tertiary/aromatic N) is 3. The number of fused-ring (bicyclic) bond motifs is 1. The van der Waals surface area contributed by atoms with Gasteiger partial charge in [0.15, 0.2) is 15.9 Å². The van der Waals surface area contributed by atoms with E-state index in [1.807, 2.05) is 0 Å². The van der Waals surface area contributed by atoms with Crippen LogP contribution in [0.2, 0.25) is 0 Å². The Balaban J connectivity index is 1.62. The van der Waals surface area contributed by atoms with Crippen molar-refractivity contribution in [1.29, 1.82) is 0 Å². The van der Waals surface area contributed by atoms with E-state index in [0.717, 1.165) is 43.5 Å². The highest BCUT2D eigenvalue weighted by molar-refractivity contribution is 7.90. The maximum atomic E-state index is 13.6. The molecule has 7 nitrogen and oxygen atoms in total. The summed E-state index contributed by atoms with van der Waals surface area (Å²) < 4.78 is 109. The van der Waals surface area contributed by atoms with Gasteiger partial charge >= 0.3 is 6.18 Å². The summed E-state index contributed by atoms with van der Waals surface area (Å²) in [6.07, 6.45) is -7.68. The molecule has 0 aliphatic carbocycles. The van der Waals surface area contributed by atoms with Crippen molar-refractivity contribution in [1.82, 2.24) is 14.7 Å². The summed E-state index contributed by atoms with van der Waals surface area (Å²) in [4.78, 5) is 14.2. The van der Waals surface area contributed by atoms with Crippen LogP contribution in [0, 0.1) is 5.82 Å². The molecule has 4 rings (SSSR count). The Bertz CT molecular complexity index is 1450. The molecule has 14 heteroatoms. The van der Waals surface area contributed by atoms with Crippen molar-refractivity contribution in [3.8, 4) is 11.4 Å². The lowest BCUT2D eigenvalue weighted by molar-refractivity contribution is -0.189. The Morgan fingerprint density at radius 3 is 2.41 bits per heavy atom. The molecule has 198 valence electrons. The van der Waals surface area contributed by atoms with Crippen molar-refractivity contribution in [2.75, 3.05) is 6.26 Å². The van der Waals surface area contributed by atoms with Crippen LogP contribution in [0.25, 0.3) is 5.69 Å². The van der Waals surface area contributed by atoms with E-state index in [9.17, 15) is 39.6 Å². The lowest BCUT2D eigenvalue weighted by Crippen LogP contribution is -2.33. The summed E-state index contributed by atoms with van der Waals surface area (Å²) in [5.74, 6) is -2.30. The number of amides is 1. The minimum Gasteiger partial charge on any atom is -0.480 e. The first-order valence-corrected chi connectivity index (χ1v) is 12.6. The van der Waals surface area contributed by atoms with E-state index in [-0.39, 0.29) is 29.2 Å². The van der Waals surface area contributed by atoms with Crippen molar-refractivity contribution in [2.24, 2.45) is 0 Å². The first kappa shape index (κ1) is 26.5. The van der Waals surface area contributed by atoms with Gasteiger partial charge in [-0.05, 0) is 43.3 Å². The number of carbonyl (C=O) groups excluding carboxylic acids is 1. The van der Waals surface area contributed by atoms with Crippen LogP contribution in [-0.4, -0.2) is 47.5 Å². The number of hydrogen-bond donors (Lipinski definition) is 0. The van der Waals surface area contributed by atoms with Crippen molar-refractivity contribution in [3.63, 3.8) is 0 Å². The van der Waals surface area contributed by atoms with Crippen molar-refractivity contribution >= 4 is 15.7 Å². The van der Waals surface area contributed by atoms with Crippen LogP contribution in [0.4, 0.5) is 26.3 Å². The minimum absolute atomic E-state index is 0.0472. The monoisotopic (exact) mass is 547 g/mol. The average Bonchev–Trinajstić information content (AvgIpc) is 3.37. The third kappa shape index (κ3) is 5.43. The molecule has 1 aliphatic rings. The van der Waals surface area contributed by atoms with Gasteiger partial charge in [-0.2, -0.15) is 18.3 Å². The number of benzene rings is 2. The Morgan fingerprint density at radius 1 is 1.11 bits per heavy atom. The molecule has 0 saturated heterocycles. The lowest BCUT2D eigenvalue weighted by atomic mass is 10.1. The zero-order chi connectivity index (χ0) is 27.3. The van der Waals surface area contributed by atoms with Crippen LogP contribution in [-0.2, 0) is 22.9 Å². The van der Waals surface area contributed by atoms with E-state index in [4.69, 9.17) is 4.74 Å². The first-order valence-electron chi connectivity index (χ1n) is 10.7. The molecule has 0 spiro atoms. The Kier molecular flexibility index (Phi) is 6.73. The second-order valence-electron chi connectivity index (χ2n) is 8.45. The largest absolute Gasteiger partial charge is 0.480 e. The molecule has 2 heterocycles. The number of halogens is 6. The Labute approximate surface area is 207 Å². The molecule has 0 N–H and O–H groups in total. The van der Waals surface area contributed by atoms with Gasteiger partial charge in [0.2, 0.25) is 0 Å². The zero-order valence-corrected chi connectivity index (χ0v) is 20.1. The number of hydrogen-bond acceptors (Lipinski definition) is 5. The van der Waals surface area contributed by atoms with Gasteiger partial charge in [-0.3, -0.25) is 4.79 Å². The van der Waals surface area contributed by atoms with Crippen molar-refractivity contribution in [3.05, 3.63) is 70.8 Å². The zero-order valence-electron chi connectivity index (χ0n) is 19.3. The first-order chi connectivity index (χ1) is 17.1. The molecule has 0 saturated carbocycles. The van der Waals surface area contributed by atoms with Gasteiger partial charge in [0.1, 0.15) is 11.6 Å². The summed E-state index contributed by atoms with van der Waals surface area (Å²) in [7, 11) is -3.79. The second-order valence-corrected chi connectivity index (χ2v) is 10.5. The van der Waals surface area contributed by atoms with E-state index in [1.165, 1.54) is 21.8 Å². The van der Waals surface area contributed by atoms with Gasteiger partial charge in [0, 0.05) is 24.6 Å². The van der Waals surface area contributed by atoms with Gasteiger partial charge in [-0.15, -0.1) is 0 Å². The molecule has 1 aliphatic heterocycles. The quantitative estimate of drug-likeness (QED) is 0.413. The van der Waals surface area contributed by atoms with Crippen LogP contribution < -0.4 is 4.74 Å². The predicted octanol–water partition coefficient (Wildman–Crippen LogP) is 4.84. The van der Waals surface area contributed by atoms with E-state index in [1.54, 1.807) is 0 Å². The maximum Gasteiger partial charge on any atom is 0.425 e.